The summed E-state index contributed by atoms with van der Waals surface area (Å²) >= 11 is 0. The summed E-state index contributed by atoms with van der Waals surface area (Å²) in [6.07, 6.45) is 34.2. The van der Waals surface area contributed by atoms with E-state index >= 15 is 0 Å². The number of nitrogens with zero attached hydrogens (tertiary/aromatic N) is 1. The quantitative estimate of drug-likeness (QED) is 0.211. The predicted octanol–water partition coefficient (Wildman–Crippen LogP) is 10.5. The van der Waals surface area contributed by atoms with Crippen molar-refractivity contribution in [2.75, 3.05) is 4.90 Å². The molecular formula is C49H45N3. The lowest BCUT2D eigenvalue weighted by atomic mass is 9.61. The molecule has 0 amide bonds. The molecule has 0 spiro atoms. The molecule has 3 nitrogen and oxygen atoms in total. The van der Waals surface area contributed by atoms with Gasteiger partial charge in [-0.05, 0) is 76.8 Å². The first-order chi connectivity index (χ1) is 25.8. The lowest BCUT2D eigenvalue weighted by molar-refractivity contribution is 0.251. The van der Waals surface area contributed by atoms with Crippen molar-refractivity contribution in [3.05, 3.63) is 197 Å². The van der Waals surface area contributed by atoms with E-state index in [0.29, 0.717) is 11.8 Å². The zero-order valence-corrected chi connectivity index (χ0v) is 29.5. The standard InChI is InChI=1S/C49H45N3/c1-4-18-32(19-5-1)46-38-27-13-16-30-41(38)50-48(51-46)52-42-31-17-14-28-39(42)44-36-25-11-10-24-35(36)43-37-26-12-15-29-40(37)49(45(43)47(44)52,33-20-6-2-7-21-33)34-22-8-3-9-23-34/h1-8,10-13,15-22,24-26,29-31,37-40,42,46,48,50-51H,9,14,23,27-28H2. The van der Waals surface area contributed by atoms with E-state index in [1.807, 2.05) is 0 Å². The fourth-order valence-electron chi connectivity index (χ4n) is 11.5. The van der Waals surface area contributed by atoms with Crippen LogP contribution in [0.5, 0.6) is 0 Å². The van der Waals surface area contributed by atoms with Crippen LogP contribution in [0, 0.1) is 11.8 Å². The van der Waals surface area contributed by atoms with Crippen molar-refractivity contribution >= 4 is 16.5 Å². The average molecular weight is 676 g/mol. The molecule has 8 atom stereocenters. The van der Waals surface area contributed by atoms with Gasteiger partial charge in [0.1, 0.15) is 0 Å². The van der Waals surface area contributed by atoms with E-state index in [2.05, 4.69) is 173 Å². The Kier molecular flexibility index (Phi) is 7.02. The topological polar surface area (TPSA) is 27.3 Å². The van der Waals surface area contributed by atoms with Gasteiger partial charge in [0.25, 0.3) is 0 Å². The fraction of sp³-hybridized carbons (Fsp3) is 0.265. The molecule has 0 radical (unpaired) electrons. The Balaban J connectivity index is 1.24. The van der Waals surface area contributed by atoms with Gasteiger partial charge < -0.3 is 10.2 Å². The molecule has 4 aromatic rings. The van der Waals surface area contributed by atoms with Crippen molar-refractivity contribution in [3.8, 4) is 0 Å². The molecule has 11 rings (SSSR count). The molecule has 8 unspecified atom stereocenters. The lowest BCUT2D eigenvalue weighted by Crippen LogP contribution is -2.63. The van der Waals surface area contributed by atoms with Crippen LogP contribution in [0.15, 0.2) is 169 Å². The van der Waals surface area contributed by atoms with Crippen LogP contribution in [0.4, 0.5) is 5.69 Å². The van der Waals surface area contributed by atoms with Gasteiger partial charge in [-0.2, -0.15) is 0 Å². The van der Waals surface area contributed by atoms with Crippen molar-refractivity contribution in [2.45, 2.75) is 67.7 Å². The monoisotopic (exact) mass is 675 g/mol. The summed E-state index contributed by atoms with van der Waals surface area (Å²) in [4.78, 5) is 2.83. The fourth-order valence-corrected chi connectivity index (χ4v) is 11.5. The maximum atomic E-state index is 4.29. The van der Waals surface area contributed by atoms with Crippen molar-refractivity contribution in [1.29, 1.82) is 0 Å². The molecule has 4 aromatic carbocycles. The van der Waals surface area contributed by atoms with E-state index in [1.54, 1.807) is 16.7 Å². The van der Waals surface area contributed by atoms with E-state index in [9.17, 15) is 0 Å². The highest BCUT2D eigenvalue weighted by Crippen LogP contribution is 2.67. The lowest BCUT2D eigenvalue weighted by Gasteiger charge is -2.48. The van der Waals surface area contributed by atoms with E-state index in [1.165, 1.54) is 38.8 Å². The highest BCUT2D eigenvalue weighted by molar-refractivity contribution is 6.00. The second kappa shape index (κ2) is 12.0. The number of nitrogens with one attached hydrogen (secondary N) is 2. The second-order valence-corrected chi connectivity index (χ2v) is 15.8. The predicted molar refractivity (Wildman–Crippen MR) is 214 cm³/mol. The maximum Gasteiger partial charge on any atom is 0.156 e. The van der Waals surface area contributed by atoms with Gasteiger partial charge in [0.05, 0.1) is 11.5 Å². The minimum atomic E-state index is -0.306. The molecular weight excluding hydrogens is 631 g/mol. The molecule has 2 aliphatic heterocycles. The largest absolute Gasteiger partial charge is 0.356 e. The first-order valence-corrected chi connectivity index (χ1v) is 19.6. The summed E-state index contributed by atoms with van der Waals surface area (Å²) in [5, 5.41) is 11.3. The van der Waals surface area contributed by atoms with Crippen LogP contribution in [0.1, 0.15) is 77.8 Å². The van der Waals surface area contributed by atoms with Crippen molar-refractivity contribution in [1.82, 2.24) is 10.6 Å². The Morgan fingerprint density at radius 2 is 1.44 bits per heavy atom. The summed E-state index contributed by atoms with van der Waals surface area (Å²) in [5.41, 5.74) is 11.5. The molecule has 52 heavy (non-hydrogen) atoms. The molecule has 2 N–H and O–H groups in total. The summed E-state index contributed by atoms with van der Waals surface area (Å²) in [6.45, 7) is 0. The van der Waals surface area contributed by atoms with Crippen LogP contribution in [-0.4, -0.2) is 12.3 Å². The molecule has 3 heteroatoms. The van der Waals surface area contributed by atoms with E-state index in [-0.39, 0.29) is 35.6 Å². The van der Waals surface area contributed by atoms with Gasteiger partial charge in [-0.3, -0.25) is 5.32 Å². The summed E-state index contributed by atoms with van der Waals surface area (Å²) in [6, 6.07) is 32.6. The van der Waals surface area contributed by atoms with Crippen LogP contribution < -0.4 is 15.5 Å². The Morgan fingerprint density at radius 3 is 2.27 bits per heavy atom. The minimum absolute atomic E-state index is 0.0802. The Hall–Kier alpha value is -5.12. The zero-order valence-electron chi connectivity index (χ0n) is 29.5. The molecule has 2 heterocycles. The summed E-state index contributed by atoms with van der Waals surface area (Å²) in [5.74, 6) is 1.34. The van der Waals surface area contributed by atoms with Crippen molar-refractivity contribution in [2.24, 2.45) is 11.8 Å². The van der Waals surface area contributed by atoms with Crippen LogP contribution in [0.3, 0.4) is 0 Å². The number of allylic oxidation sites excluding steroid dienone is 12. The molecule has 1 saturated heterocycles. The van der Waals surface area contributed by atoms with E-state index in [4.69, 9.17) is 0 Å². The molecule has 256 valence electrons. The van der Waals surface area contributed by atoms with Crippen LogP contribution >= 0.6 is 0 Å². The Bertz CT molecular complexity index is 2290. The second-order valence-electron chi connectivity index (χ2n) is 15.8. The van der Waals surface area contributed by atoms with Crippen LogP contribution in [-0.2, 0) is 5.41 Å². The first kappa shape index (κ1) is 30.5. The molecule has 0 aromatic heterocycles. The molecule has 7 aliphatic rings. The van der Waals surface area contributed by atoms with E-state index in [0.717, 1.165) is 32.1 Å². The van der Waals surface area contributed by atoms with Crippen molar-refractivity contribution < 1.29 is 0 Å². The van der Waals surface area contributed by atoms with Crippen LogP contribution in [0.2, 0.25) is 0 Å². The third-order valence-electron chi connectivity index (χ3n) is 13.4. The highest BCUT2D eigenvalue weighted by atomic mass is 15.4. The first-order valence-electron chi connectivity index (χ1n) is 19.6. The van der Waals surface area contributed by atoms with Gasteiger partial charge in [-0.1, -0.05) is 157 Å². The molecule has 0 saturated carbocycles. The summed E-state index contributed by atoms with van der Waals surface area (Å²) < 4.78 is 0. The number of rotatable bonds is 4. The molecule has 0 bridgehead atoms. The smallest absolute Gasteiger partial charge is 0.156 e. The highest BCUT2D eigenvalue weighted by Gasteiger charge is 2.59. The normalized spacial score (nSPS) is 32.0. The van der Waals surface area contributed by atoms with Gasteiger partial charge in [0.15, 0.2) is 6.29 Å². The number of fused-ring (bicyclic) bond motifs is 11. The third-order valence-corrected chi connectivity index (χ3v) is 13.4. The van der Waals surface area contributed by atoms with Crippen LogP contribution in [0.25, 0.3) is 10.8 Å². The number of anilines is 1. The third kappa shape index (κ3) is 4.23. The summed E-state index contributed by atoms with van der Waals surface area (Å²) in [7, 11) is 0. The van der Waals surface area contributed by atoms with Gasteiger partial charge >= 0.3 is 0 Å². The number of hydrogen-bond donors (Lipinski definition) is 2. The SMILES string of the molecule is C1=CCCC(C2(c3ccccc3)c3c4c(c5ccccc5c3C3C=CC=CC32)C2CCC=CC2N4C2NC3=CC=CCC3C(c3ccccc3)N2)=C1. The zero-order chi connectivity index (χ0) is 34.2. The average Bonchev–Trinajstić information content (AvgIpc) is 3.73. The maximum absolute atomic E-state index is 4.29. The Morgan fingerprint density at radius 1 is 0.673 bits per heavy atom. The molecule has 1 fully saturated rings. The van der Waals surface area contributed by atoms with Gasteiger partial charge in [-0.25, -0.2) is 0 Å². The van der Waals surface area contributed by atoms with Gasteiger partial charge in [-0.15, -0.1) is 0 Å². The minimum Gasteiger partial charge on any atom is -0.356 e. The Labute approximate surface area is 307 Å². The van der Waals surface area contributed by atoms with Crippen molar-refractivity contribution in [3.63, 3.8) is 0 Å². The number of benzene rings is 4. The number of hydrogen-bond acceptors (Lipinski definition) is 3. The van der Waals surface area contributed by atoms with Gasteiger partial charge in [0, 0.05) is 41.1 Å². The van der Waals surface area contributed by atoms with E-state index < -0.39 is 0 Å². The van der Waals surface area contributed by atoms with Gasteiger partial charge in [0.2, 0.25) is 0 Å². The molecule has 5 aliphatic carbocycles.